The molecule has 0 saturated heterocycles. The highest BCUT2D eigenvalue weighted by Gasteiger charge is 2.18. The predicted molar refractivity (Wildman–Crippen MR) is 71.6 cm³/mol. The molecule has 1 rings (SSSR count). The summed E-state index contributed by atoms with van der Waals surface area (Å²) in [5, 5.41) is 3.07. The largest absolute Gasteiger partial charge is 0.374 e. The van der Waals surface area contributed by atoms with Gasteiger partial charge in [-0.05, 0) is 46.0 Å². The summed E-state index contributed by atoms with van der Waals surface area (Å²) < 4.78 is 20.3. The lowest BCUT2D eigenvalue weighted by molar-refractivity contribution is -0.0143. The van der Waals surface area contributed by atoms with Crippen LogP contribution in [0.2, 0.25) is 0 Å². The molecular weight excluding hydrogens is 285 g/mol. The van der Waals surface area contributed by atoms with E-state index in [0.717, 1.165) is 4.47 Å². The van der Waals surface area contributed by atoms with E-state index in [1.54, 1.807) is 19.2 Å². The summed E-state index contributed by atoms with van der Waals surface area (Å²) in [5.74, 6) is -0.218. The van der Waals surface area contributed by atoms with Crippen molar-refractivity contribution in [3.63, 3.8) is 0 Å². The van der Waals surface area contributed by atoms with Crippen molar-refractivity contribution in [2.75, 3.05) is 13.7 Å². The van der Waals surface area contributed by atoms with Gasteiger partial charge in [-0.1, -0.05) is 15.9 Å². The lowest BCUT2D eigenvalue weighted by Crippen LogP contribution is -2.29. The van der Waals surface area contributed by atoms with Gasteiger partial charge in [0.1, 0.15) is 5.82 Å². The summed E-state index contributed by atoms with van der Waals surface area (Å²) in [7, 11) is 1.80. The molecule has 1 unspecified atom stereocenters. The molecule has 96 valence electrons. The van der Waals surface area contributed by atoms with Crippen LogP contribution in [0.15, 0.2) is 22.7 Å². The second-order valence-electron chi connectivity index (χ2n) is 4.93. The fourth-order valence-electron chi connectivity index (χ4n) is 1.44. The molecule has 0 radical (unpaired) electrons. The molecule has 1 aromatic carbocycles. The van der Waals surface area contributed by atoms with Crippen LogP contribution in [-0.2, 0) is 4.74 Å². The minimum atomic E-state index is -0.225. The number of likely N-dealkylation sites (N-methyl/N-ethyl adjacent to an activating group) is 1. The molecule has 0 amide bonds. The summed E-state index contributed by atoms with van der Waals surface area (Å²) in [6.07, 6.45) is 0. The summed E-state index contributed by atoms with van der Waals surface area (Å²) in [5.41, 5.74) is 0.392. The van der Waals surface area contributed by atoms with Gasteiger partial charge in [0.05, 0.1) is 18.2 Å². The first-order valence-electron chi connectivity index (χ1n) is 5.59. The third-order valence-corrected chi connectivity index (χ3v) is 2.86. The fraction of sp³-hybridized carbons (Fsp3) is 0.538. The molecule has 0 bridgehead atoms. The first-order valence-corrected chi connectivity index (χ1v) is 6.39. The highest BCUT2D eigenvalue weighted by Crippen LogP contribution is 2.23. The van der Waals surface area contributed by atoms with Gasteiger partial charge in [-0.3, -0.25) is 0 Å². The van der Waals surface area contributed by atoms with Crippen LogP contribution in [0.5, 0.6) is 0 Å². The van der Waals surface area contributed by atoms with Crippen molar-refractivity contribution in [2.24, 2.45) is 0 Å². The van der Waals surface area contributed by atoms with E-state index in [-0.39, 0.29) is 17.5 Å². The molecule has 0 aliphatic heterocycles. The van der Waals surface area contributed by atoms with Crippen LogP contribution >= 0.6 is 15.9 Å². The zero-order chi connectivity index (χ0) is 13.1. The predicted octanol–water partition coefficient (Wildman–Crippen LogP) is 3.66. The molecule has 1 atom stereocenters. The third-order valence-electron chi connectivity index (χ3n) is 2.36. The average Bonchev–Trinajstić information content (AvgIpc) is 2.22. The van der Waals surface area contributed by atoms with Gasteiger partial charge in [-0.25, -0.2) is 4.39 Å². The third kappa shape index (κ3) is 4.74. The summed E-state index contributed by atoms with van der Waals surface area (Å²) in [6.45, 7) is 6.39. The van der Waals surface area contributed by atoms with Crippen molar-refractivity contribution >= 4 is 15.9 Å². The van der Waals surface area contributed by atoms with Crippen molar-refractivity contribution in [3.8, 4) is 0 Å². The number of nitrogens with one attached hydrogen (secondary N) is 1. The van der Waals surface area contributed by atoms with Crippen LogP contribution in [0.25, 0.3) is 0 Å². The number of halogens is 2. The Balaban J connectivity index is 2.82. The topological polar surface area (TPSA) is 21.3 Å². The van der Waals surface area contributed by atoms with Crippen LogP contribution in [0.1, 0.15) is 32.4 Å². The first-order chi connectivity index (χ1) is 7.83. The molecule has 1 aromatic rings. The Morgan fingerprint density at radius 3 is 2.59 bits per heavy atom. The summed E-state index contributed by atoms with van der Waals surface area (Å²) in [4.78, 5) is 0. The molecule has 4 heteroatoms. The molecule has 0 fully saturated rings. The number of hydrogen-bond donors (Lipinski definition) is 1. The lowest BCUT2D eigenvalue weighted by Gasteiger charge is -2.24. The minimum Gasteiger partial charge on any atom is -0.374 e. The maximum atomic E-state index is 13.7. The molecule has 0 aromatic heterocycles. The van der Waals surface area contributed by atoms with E-state index in [1.807, 2.05) is 20.8 Å². The zero-order valence-corrected chi connectivity index (χ0v) is 12.3. The zero-order valence-electron chi connectivity index (χ0n) is 10.7. The van der Waals surface area contributed by atoms with Crippen LogP contribution < -0.4 is 5.32 Å². The minimum absolute atomic E-state index is 0.147. The maximum Gasteiger partial charge on any atom is 0.128 e. The first kappa shape index (κ1) is 14.6. The van der Waals surface area contributed by atoms with Gasteiger partial charge in [0.25, 0.3) is 0 Å². The highest BCUT2D eigenvalue weighted by atomic mass is 79.9. The average molecular weight is 304 g/mol. The van der Waals surface area contributed by atoms with Gasteiger partial charge < -0.3 is 10.1 Å². The van der Waals surface area contributed by atoms with Gasteiger partial charge in [0, 0.05) is 10.0 Å². The molecule has 2 nitrogen and oxygen atoms in total. The van der Waals surface area contributed by atoms with Gasteiger partial charge in [-0.2, -0.15) is 0 Å². The van der Waals surface area contributed by atoms with Crippen LogP contribution in [0.4, 0.5) is 4.39 Å². The molecule has 1 N–H and O–H groups in total. The number of rotatable bonds is 4. The van der Waals surface area contributed by atoms with E-state index < -0.39 is 0 Å². The monoisotopic (exact) mass is 303 g/mol. The second kappa shape index (κ2) is 5.94. The van der Waals surface area contributed by atoms with E-state index in [4.69, 9.17) is 4.74 Å². The van der Waals surface area contributed by atoms with E-state index in [0.29, 0.717) is 12.2 Å². The standard InChI is InChI=1S/C13H19BrFNO/c1-13(2,3)17-8-12(16-4)10-7-9(14)5-6-11(10)15/h5-7,12,16H,8H2,1-4H3. The fourth-order valence-corrected chi connectivity index (χ4v) is 1.82. The van der Waals surface area contributed by atoms with E-state index in [2.05, 4.69) is 21.2 Å². The molecular formula is C13H19BrFNO. The highest BCUT2D eigenvalue weighted by molar-refractivity contribution is 9.10. The molecule has 0 spiro atoms. The Morgan fingerprint density at radius 1 is 1.41 bits per heavy atom. The second-order valence-corrected chi connectivity index (χ2v) is 5.85. The number of hydrogen-bond acceptors (Lipinski definition) is 2. The maximum absolute atomic E-state index is 13.7. The molecule has 0 saturated carbocycles. The van der Waals surface area contributed by atoms with E-state index in [9.17, 15) is 4.39 Å². The lowest BCUT2D eigenvalue weighted by atomic mass is 10.1. The van der Waals surface area contributed by atoms with Crippen molar-refractivity contribution in [3.05, 3.63) is 34.1 Å². The van der Waals surface area contributed by atoms with Crippen LogP contribution in [0, 0.1) is 5.82 Å². The summed E-state index contributed by atoms with van der Waals surface area (Å²) >= 11 is 3.35. The molecule has 17 heavy (non-hydrogen) atoms. The van der Waals surface area contributed by atoms with Crippen molar-refractivity contribution in [1.82, 2.24) is 5.32 Å². The van der Waals surface area contributed by atoms with Crippen molar-refractivity contribution in [1.29, 1.82) is 0 Å². The van der Waals surface area contributed by atoms with Crippen molar-refractivity contribution < 1.29 is 9.13 Å². The van der Waals surface area contributed by atoms with Gasteiger partial charge >= 0.3 is 0 Å². The van der Waals surface area contributed by atoms with Crippen LogP contribution in [0.3, 0.4) is 0 Å². The van der Waals surface area contributed by atoms with Gasteiger partial charge in [0.2, 0.25) is 0 Å². The SMILES string of the molecule is CNC(COC(C)(C)C)c1cc(Br)ccc1F. The van der Waals surface area contributed by atoms with E-state index >= 15 is 0 Å². The van der Waals surface area contributed by atoms with E-state index in [1.165, 1.54) is 6.07 Å². The normalized spacial score (nSPS) is 13.8. The Labute approximate surface area is 111 Å². The molecule has 0 heterocycles. The molecule has 0 aliphatic carbocycles. The Morgan fingerprint density at radius 2 is 2.06 bits per heavy atom. The summed E-state index contributed by atoms with van der Waals surface area (Å²) in [6, 6.07) is 4.78. The Bertz CT molecular complexity index is 376. The quantitative estimate of drug-likeness (QED) is 0.916. The van der Waals surface area contributed by atoms with Crippen molar-refractivity contribution in [2.45, 2.75) is 32.4 Å². The van der Waals surface area contributed by atoms with Crippen LogP contribution in [-0.4, -0.2) is 19.3 Å². The number of benzene rings is 1. The van der Waals surface area contributed by atoms with Gasteiger partial charge in [-0.15, -0.1) is 0 Å². The molecule has 0 aliphatic rings. The Kier molecular flexibility index (Phi) is 5.10. The number of ether oxygens (including phenoxy) is 1. The smallest absolute Gasteiger partial charge is 0.128 e. The van der Waals surface area contributed by atoms with Gasteiger partial charge in [0.15, 0.2) is 0 Å². The Hall–Kier alpha value is -0.450.